The number of aliphatic carboxylic acids is 2. The number of phenols is 7. The van der Waals surface area contributed by atoms with Crippen LogP contribution in [-0.4, -0.2) is 88.2 Å². The number of benzene rings is 4. The van der Waals surface area contributed by atoms with Crippen molar-refractivity contribution in [2.45, 2.75) is 99.8 Å². The van der Waals surface area contributed by atoms with Crippen molar-refractivity contribution in [3.8, 4) is 40.2 Å². The average Bonchev–Trinajstić information content (AvgIpc) is 3.20. The van der Waals surface area contributed by atoms with E-state index in [9.17, 15) is 45.3 Å². The van der Waals surface area contributed by atoms with Gasteiger partial charge in [0.1, 0.15) is 17.8 Å². The van der Waals surface area contributed by atoms with Gasteiger partial charge in [0, 0.05) is 12.1 Å². The number of carboxylic acids is 2. The second-order valence-corrected chi connectivity index (χ2v) is 14.3. The molecule has 4 aromatic rings. The van der Waals surface area contributed by atoms with Gasteiger partial charge in [0.05, 0.1) is 6.10 Å². The third-order valence-corrected chi connectivity index (χ3v) is 10.5. The first kappa shape index (κ1) is 51.2. The topological polar surface area (TPSA) is 341 Å². The monoisotopic (exact) mass is 826 g/mol. The van der Waals surface area contributed by atoms with Crippen LogP contribution in [-0.2, 0) is 28.9 Å². The summed E-state index contributed by atoms with van der Waals surface area (Å²) in [6.45, 7) is 16.4. The van der Waals surface area contributed by atoms with Gasteiger partial charge in [-0.25, -0.2) is 0 Å². The van der Waals surface area contributed by atoms with Crippen molar-refractivity contribution < 1.29 is 60.7 Å². The van der Waals surface area contributed by atoms with Crippen molar-refractivity contribution in [1.29, 1.82) is 0 Å². The Morgan fingerprint density at radius 3 is 1.27 bits per heavy atom. The molecule has 3 atom stereocenters. The highest BCUT2D eigenvalue weighted by Gasteiger charge is 2.22. The van der Waals surface area contributed by atoms with Gasteiger partial charge >= 0.3 is 11.9 Å². The molecule has 0 aromatic heterocycles. The summed E-state index contributed by atoms with van der Waals surface area (Å²) in [7, 11) is 0. The minimum atomic E-state index is -1.09. The maximum Gasteiger partial charge on any atom is 0.320 e. The lowest BCUT2D eigenvalue weighted by atomic mass is 9.92. The summed E-state index contributed by atoms with van der Waals surface area (Å²) < 4.78 is 0. The molecule has 0 saturated carbocycles. The van der Waals surface area contributed by atoms with Crippen LogP contribution in [0.4, 0.5) is 0 Å². The number of hydrogen-bond acceptors (Lipinski definition) is 14. The quantitative estimate of drug-likeness (QED) is 0.101. The van der Waals surface area contributed by atoms with Crippen molar-refractivity contribution in [1.82, 2.24) is 0 Å². The molecule has 59 heavy (non-hydrogen) atoms. The zero-order valence-electron chi connectivity index (χ0n) is 35.2. The van der Waals surface area contributed by atoms with Gasteiger partial charge in [0.15, 0.2) is 34.5 Å². The molecule has 0 amide bonds. The summed E-state index contributed by atoms with van der Waals surface area (Å²) >= 11 is 0. The Balaban J connectivity index is 0.000000395. The van der Waals surface area contributed by atoms with E-state index in [1.54, 1.807) is 67.5 Å². The number of aliphatic hydroxyl groups excluding tert-OH is 1. The Bertz CT molecular complexity index is 2020. The van der Waals surface area contributed by atoms with Crippen molar-refractivity contribution >= 4 is 11.9 Å². The number of rotatable bonds is 10. The second-order valence-electron chi connectivity index (χ2n) is 14.3. The summed E-state index contributed by atoms with van der Waals surface area (Å²) in [5.41, 5.74) is 30.9. The largest absolute Gasteiger partial charge is 0.508 e. The standard InChI is InChI=1S/C12H17NO4.C11H17NO3.C11H17NO2.C9H11NO3/c1-5-6(2)10(14)11(15)7(3)8(5)4-9(13)12(16)17;1-5-6(2)10(14)11(15)7(3)9(5)8(13)4-12;1-6-7(2)10(13)11(14)8(3)9(6)4-5-12;10-8(9(12)13)5-6-1-3-7(11)4-2-6/h9,14-15H,4,13H2,1-3H3,(H,16,17);8,13-15H,4,12H2,1-3H3;13-14H,4-5,12H2,1-3H3;1-4,8,11H,5,10H2,(H,12,13). The predicted molar refractivity (Wildman–Crippen MR) is 225 cm³/mol. The van der Waals surface area contributed by atoms with Crippen LogP contribution in [0.5, 0.6) is 40.2 Å². The molecule has 0 aliphatic heterocycles. The van der Waals surface area contributed by atoms with Gasteiger partial charge in [0.25, 0.3) is 0 Å². The van der Waals surface area contributed by atoms with E-state index in [-0.39, 0.29) is 59.6 Å². The normalized spacial score (nSPS) is 12.1. The molecule has 0 bridgehead atoms. The van der Waals surface area contributed by atoms with Crippen molar-refractivity contribution in [2.75, 3.05) is 13.1 Å². The molecule has 0 radical (unpaired) electrons. The van der Waals surface area contributed by atoms with Gasteiger partial charge in [0.2, 0.25) is 0 Å². The van der Waals surface area contributed by atoms with Gasteiger partial charge in [-0.15, -0.1) is 0 Å². The van der Waals surface area contributed by atoms with Crippen molar-refractivity contribution in [2.24, 2.45) is 22.9 Å². The fraction of sp³-hybridized carbons (Fsp3) is 0.395. The molecule has 16 heteroatoms. The molecular weight excluding hydrogens is 764 g/mol. The molecule has 18 N–H and O–H groups in total. The van der Waals surface area contributed by atoms with Crippen LogP contribution < -0.4 is 22.9 Å². The minimum Gasteiger partial charge on any atom is -0.508 e. The van der Waals surface area contributed by atoms with Crippen molar-refractivity contribution in [3.05, 3.63) is 96.6 Å². The van der Waals surface area contributed by atoms with E-state index in [0.717, 1.165) is 45.4 Å². The Labute approximate surface area is 344 Å². The van der Waals surface area contributed by atoms with E-state index in [1.807, 2.05) is 6.92 Å². The smallest absolute Gasteiger partial charge is 0.320 e. The highest BCUT2D eigenvalue weighted by molar-refractivity contribution is 5.74. The van der Waals surface area contributed by atoms with E-state index in [1.165, 1.54) is 12.1 Å². The first-order chi connectivity index (χ1) is 27.3. The summed E-state index contributed by atoms with van der Waals surface area (Å²) in [6, 6.07) is 4.41. The van der Waals surface area contributed by atoms with Crippen LogP contribution in [0, 0.1) is 62.3 Å². The molecule has 0 spiro atoms. The third-order valence-electron chi connectivity index (χ3n) is 10.5. The van der Waals surface area contributed by atoms with Crippen LogP contribution in [0.1, 0.15) is 78.4 Å². The fourth-order valence-corrected chi connectivity index (χ4v) is 6.23. The van der Waals surface area contributed by atoms with Gasteiger partial charge in [-0.05, 0) is 167 Å². The lowest BCUT2D eigenvalue weighted by Gasteiger charge is -2.19. The average molecular weight is 827 g/mol. The summed E-state index contributed by atoms with van der Waals surface area (Å²) in [5.74, 6) is -2.65. The zero-order valence-corrected chi connectivity index (χ0v) is 35.2. The molecule has 0 aliphatic rings. The van der Waals surface area contributed by atoms with Crippen LogP contribution in [0.15, 0.2) is 24.3 Å². The first-order valence-electron chi connectivity index (χ1n) is 18.6. The maximum absolute atomic E-state index is 10.7. The molecule has 16 nitrogen and oxygen atoms in total. The fourth-order valence-electron chi connectivity index (χ4n) is 6.23. The predicted octanol–water partition coefficient (Wildman–Crippen LogP) is 3.86. The molecule has 4 aromatic carbocycles. The van der Waals surface area contributed by atoms with Crippen LogP contribution in [0.3, 0.4) is 0 Å². The van der Waals surface area contributed by atoms with Crippen LogP contribution in [0.25, 0.3) is 0 Å². The number of hydrogen-bond donors (Lipinski definition) is 14. The highest BCUT2D eigenvalue weighted by Crippen LogP contribution is 2.40. The third kappa shape index (κ3) is 12.9. The molecule has 326 valence electrons. The highest BCUT2D eigenvalue weighted by atomic mass is 16.4. The Hall–Kier alpha value is -5.78. The van der Waals surface area contributed by atoms with E-state index in [0.29, 0.717) is 39.9 Å². The molecule has 4 rings (SSSR count). The van der Waals surface area contributed by atoms with Gasteiger partial charge in [-0.3, -0.25) is 9.59 Å². The SMILES string of the molecule is Cc1c(C)c(C(O)CN)c(C)c(O)c1O.Cc1c(C)c(CC(N)C(=O)O)c(C)c(O)c1O.Cc1c(C)c(CCN)c(C)c(O)c1O.NC(Cc1ccc(O)cc1)C(=O)O. The van der Waals surface area contributed by atoms with E-state index in [2.05, 4.69) is 0 Å². The number of carbonyl (C=O) groups is 2. The van der Waals surface area contributed by atoms with Gasteiger partial charge in [-0.1, -0.05) is 12.1 Å². The van der Waals surface area contributed by atoms with Gasteiger partial charge in [-0.2, -0.15) is 0 Å². The summed E-state index contributed by atoms with van der Waals surface area (Å²) in [4.78, 5) is 21.1. The minimum absolute atomic E-state index is 0.0132. The van der Waals surface area contributed by atoms with E-state index < -0.39 is 30.1 Å². The molecule has 0 heterocycles. The van der Waals surface area contributed by atoms with E-state index >= 15 is 0 Å². The number of carboxylic acid groups (broad SMARTS) is 2. The summed E-state index contributed by atoms with van der Waals surface area (Å²) in [6.07, 6.45) is 0.319. The Morgan fingerprint density at radius 2 is 0.864 bits per heavy atom. The molecule has 0 saturated heterocycles. The maximum atomic E-state index is 10.7. The van der Waals surface area contributed by atoms with Crippen LogP contribution in [0.2, 0.25) is 0 Å². The number of aliphatic hydroxyl groups is 1. The molecule has 3 unspecified atom stereocenters. The second kappa shape index (κ2) is 22.4. The number of phenolic OH excluding ortho intramolecular Hbond substituents is 7. The zero-order chi connectivity index (χ0) is 45.8. The molecular formula is C43H62N4O12. The molecule has 0 aliphatic carbocycles. The first-order valence-corrected chi connectivity index (χ1v) is 18.6. The molecule has 0 fully saturated rings. The Kier molecular flexibility index (Phi) is 19.4. The lowest BCUT2D eigenvalue weighted by molar-refractivity contribution is -0.139. The number of aromatic hydroxyl groups is 7. The Morgan fingerprint density at radius 1 is 0.508 bits per heavy atom. The number of nitrogens with two attached hydrogens (primary N) is 4. The summed E-state index contributed by atoms with van der Waals surface area (Å²) in [5, 5.41) is 93.7. The van der Waals surface area contributed by atoms with Crippen molar-refractivity contribution in [3.63, 3.8) is 0 Å². The van der Waals surface area contributed by atoms with Crippen LogP contribution >= 0.6 is 0 Å². The lowest BCUT2D eigenvalue weighted by Crippen LogP contribution is -2.32. The van der Waals surface area contributed by atoms with E-state index in [4.69, 9.17) is 38.3 Å². The van der Waals surface area contributed by atoms with Gasteiger partial charge < -0.3 is 74.0 Å².